The predicted octanol–water partition coefficient (Wildman–Crippen LogP) is 3.11. The molecule has 3 aromatic rings. The van der Waals surface area contributed by atoms with Gasteiger partial charge in [-0.1, -0.05) is 48.5 Å². The number of aromatic nitrogens is 2. The normalized spacial score (nSPS) is 14.0. The smallest absolute Gasteiger partial charge is 0.357 e. The van der Waals surface area contributed by atoms with Crippen LogP contribution < -0.4 is 0 Å². The van der Waals surface area contributed by atoms with Crippen LogP contribution in [0.1, 0.15) is 23.3 Å². The van der Waals surface area contributed by atoms with Gasteiger partial charge in [-0.2, -0.15) is 5.10 Å². The second kappa shape index (κ2) is 10.1. The Morgan fingerprint density at radius 2 is 1.61 bits per heavy atom. The summed E-state index contributed by atoms with van der Waals surface area (Å²) in [5.74, 6) is -1.37. The van der Waals surface area contributed by atoms with E-state index in [4.69, 9.17) is 9.47 Å². The fraction of sp³-hybridized carbons (Fsp3) is 0.280. The van der Waals surface area contributed by atoms with Crippen LogP contribution in [0.5, 0.6) is 0 Å². The molecule has 4 rings (SSSR count). The highest BCUT2D eigenvalue weighted by atomic mass is 16.5. The maximum atomic E-state index is 12.9. The van der Waals surface area contributed by atoms with Crippen LogP contribution in [0.25, 0.3) is 16.9 Å². The number of benzene rings is 2. The van der Waals surface area contributed by atoms with E-state index in [0.717, 1.165) is 5.56 Å². The summed E-state index contributed by atoms with van der Waals surface area (Å²) in [5.41, 5.74) is 2.44. The van der Waals surface area contributed by atoms with E-state index < -0.39 is 5.97 Å². The summed E-state index contributed by atoms with van der Waals surface area (Å²) in [6, 6.07) is 20.5. The first-order valence-corrected chi connectivity index (χ1v) is 10.8. The maximum Gasteiger partial charge on any atom is 0.357 e. The van der Waals surface area contributed by atoms with Crippen molar-refractivity contribution in [2.75, 3.05) is 26.8 Å². The molecule has 0 atom stereocenters. The zero-order valence-corrected chi connectivity index (χ0v) is 18.3. The summed E-state index contributed by atoms with van der Waals surface area (Å²) >= 11 is 0. The Bertz CT molecular complexity index is 1120. The maximum absolute atomic E-state index is 12.9. The summed E-state index contributed by atoms with van der Waals surface area (Å²) in [5, 5.41) is 4.60. The monoisotopic (exact) mass is 447 g/mol. The van der Waals surface area contributed by atoms with Crippen LogP contribution in [0, 0.1) is 5.92 Å². The minimum absolute atomic E-state index is 0.196. The van der Waals surface area contributed by atoms with E-state index in [1.165, 1.54) is 11.8 Å². The molecule has 1 aliphatic heterocycles. The fourth-order valence-electron chi connectivity index (χ4n) is 3.87. The third-order valence-corrected chi connectivity index (χ3v) is 5.70. The first kappa shape index (κ1) is 22.3. The van der Waals surface area contributed by atoms with Gasteiger partial charge < -0.3 is 14.4 Å². The van der Waals surface area contributed by atoms with Gasteiger partial charge in [-0.05, 0) is 31.0 Å². The lowest BCUT2D eigenvalue weighted by Crippen LogP contribution is -2.42. The number of methoxy groups -OCH3 is 1. The quantitative estimate of drug-likeness (QED) is 0.540. The van der Waals surface area contributed by atoms with Gasteiger partial charge in [0.1, 0.15) is 0 Å². The molecule has 0 unspecified atom stereocenters. The van der Waals surface area contributed by atoms with Gasteiger partial charge in [0.15, 0.2) is 12.3 Å². The topological polar surface area (TPSA) is 90.7 Å². The average molecular weight is 447 g/mol. The van der Waals surface area contributed by atoms with Crippen LogP contribution in [-0.4, -0.2) is 59.3 Å². The third kappa shape index (κ3) is 5.11. The fourth-order valence-corrected chi connectivity index (χ4v) is 3.87. The largest absolute Gasteiger partial charge is 0.469 e. The van der Waals surface area contributed by atoms with Crippen molar-refractivity contribution in [3.63, 3.8) is 0 Å². The Labute approximate surface area is 191 Å². The van der Waals surface area contributed by atoms with Crippen molar-refractivity contribution in [2.24, 2.45) is 5.92 Å². The highest BCUT2D eigenvalue weighted by Gasteiger charge is 2.28. The Morgan fingerprint density at radius 3 is 2.24 bits per heavy atom. The zero-order valence-electron chi connectivity index (χ0n) is 18.3. The summed E-state index contributed by atoms with van der Waals surface area (Å²) in [7, 11) is 1.36. The number of rotatable bonds is 6. The number of esters is 2. The molecule has 0 bridgehead atoms. The van der Waals surface area contributed by atoms with Gasteiger partial charge in [-0.25, -0.2) is 9.48 Å². The second-order valence-electron chi connectivity index (χ2n) is 7.78. The Balaban J connectivity index is 1.46. The van der Waals surface area contributed by atoms with Crippen molar-refractivity contribution in [1.29, 1.82) is 0 Å². The van der Waals surface area contributed by atoms with E-state index in [2.05, 4.69) is 5.10 Å². The van der Waals surface area contributed by atoms with Gasteiger partial charge in [-0.3, -0.25) is 9.59 Å². The molecule has 1 saturated heterocycles. The second-order valence-corrected chi connectivity index (χ2v) is 7.78. The molecule has 170 valence electrons. The molecule has 1 aliphatic rings. The van der Waals surface area contributed by atoms with Crippen LogP contribution in [0.15, 0.2) is 66.7 Å². The van der Waals surface area contributed by atoms with Crippen LogP contribution in [0.2, 0.25) is 0 Å². The average Bonchev–Trinajstić information content (AvgIpc) is 3.33. The van der Waals surface area contributed by atoms with Crippen molar-refractivity contribution in [3.05, 3.63) is 72.4 Å². The molecule has 0 radical (unpaired) electrons. The molecule has 1 aromatic heterocycles. The number of carbonyl (C=O) groups is 3. The predicted molar refractivity (Wildman–Crippen MR) is 121 cm³/mol. The standard InChI is InChI=1S/C25H25N3O5/c1-32-24(30)19-12-14-27(15-13-19)23(29)17-33-25(31)22-16-21(18-8-4-2-5-9-18)26-28(22)20-10-6-3-7-11-20/h2-11,16,19H,12-15,17H2,1H3. The molecule has 1 fully saturated rings. The van der Waals surface area contributed by atoms with Gasteiger partial charge >= 0.3 is 11.9 Å². The van der Waals surface area contributed by atoms with Crippen LogP contribution in [0.4, 0.5) is 0 Å². The molecular formula is C25H25N3O5. The number of piperidine rings is 1. The molecule has 8 nitrogen and oxygen atoms in total. The van der Waals surface area contributed by atoms with Crippen LogP contribution in [-0.2, 0) is 19.1 Å². The van der Waals surface area contributed by atoms with Crippen molar-refractivity contribution in [2.45, 2.75) is 12.8 Å². The third-order valence-electron chi connectivity index (χ3n) is 5.70. The van der Waals surface area contributed by atoms with Gasteiger partial charge in [0.25, 0.3) is 5.91 Å². The molecular weight excluding hydrogens is 422 g/mol. The Hall–Kier alpha value is -3.94. The number of amides is 1. The van der Waals surface area contributed by atoms with E-state index in [0.29, 0.717) is 37.3 Å². The van der Waals surface area contributed by atoms with E-state index in [1.807, 2.05) is 60.7 Å². The minimum Gasteiger partial charge on any atom is -0.469 e. The Kier molecular flexibility index (Phi) is 6.83. The lowest BCUT2D eigenvalue weighted by Gasteiger charge is -2.30. The van der Waals surface area contributed by atoms with Crippen LogP contribution in [0.3, 0.4) is 0 Å². The summed E-state index contributed by atoms with van der Waals surface area (Å²) < 4.78 is 11.7. The number of para-hydroxylation sites is 1. The van der Waals surface area contributed by atoms with Crippen molar-refractivity contribution in [1.82, 2.24) is 14.7 Å². The van der Waals surface area contributed by atoms with Crippen LogP contribution >= 0.6 is 0 Å². The van der Waals surface area contributed by atoms with Gasteiger partial charge in [0, 0.05) is 18.7 Å². The van der Waals surface area contributed by atoms with E-state index in [-0.39, 0.29) is 30.1 Å². The number of hydrogen-bond acceptors (Lipinski definition) is 6. The molecule has 0 saturated carbocycles. The molecule has 8 heteroatoms. The Morgan fingerprint density at radius 1 is 0.970 bits per heavy atom. The van der Waals surface area contributed by atoms with Gasteiger partial charge in [0.05, 0.1) is 24.4 Å². The number of carbonyl (C=O) groups excluding carboxylic acids is 3. The molecule has 0 N–H and O–H groups in total. The molecule has 1 amide bonds. The number of likely N-dealkylation sites (tertiary alicyclic amines) is 1. The first-order chi connectivity index (χ1) is 16.1. The lowest BCUT2D eigenvalue weighted by molar-refractivity contribution is -0.149. The van der Waals surface area contributed by atoms with E-state index in [9.17, 15) is 14.4 Å². The van der Waals surface area contributed by atoms with E-state index >= 15 is 0 Å². The minimum atomic E-state index is -0.633. The first-order valence-electron chi connectivity index (χ1n) is 10.8. The summed E-state index contributed by atoms with van der Waals surface area (Å²) in [4.78, 5) is 38.8. The van der Waals surface area contributed by atoms with E-state index in [1.54, 1.807) is 11.0 Å². The zero-order chi connectivity index (χ0) is 23.2. The highest BCUT2D eigenvalue weighted by molar-refractivity contribution is 5.91. The van der Waals surface area contributed by atoms with Crippen molar-refractivity contribution >= 4 is 17.8 Å². The van der Waals surface area contributed by atoms with Gasteiger partial charge in [-0.15, -0.1) is 0 Å². The summed E-state index contributed by atoms with van der Waals surface area (Å²) in [6.45, 7) is 0.481. The van der Waals surface area contributed by atoms with Crippen molar-refractivity contribution < 1.29 is 23.9 Å². The lowest BCUT2D eigenvalue weighted by atomic mass is 9.97. The number of hydrogen-bond donors (Lipinski definition) is 0. The van der Waals surface area contributed by atoms with Crippen molar-refractivity contribution in [3.8, 4) is 16.9 Å². The molecule has 0 aliphatic carbocycles. The molecule has 2 aromatic carbocycles. The summed E-state index contributed by atoms with van der Waals surface area (Å²) in [6.07, 6.45) is 1.07. The highest BCUT2D eigenvalue weighted by Crippen LogP contribution is 2.23. The van der Waals surface area contributed by atoms with Gasteiger partial charge in [0.2, 0.25) is 0 Å². The number of nitrogens with zero attached hydrogens (tertiary/aromatic N) is 3. The molecule has 2 heterocycles. The number of ether oxygens (including phenoxy) is 2. The SMILES string of the molecule is COC(=O)C1CCN(C(=O)COC(=O)c2cc(-c3ccccc3)nn2-c2ccccc2)CC1. The molecule has 0 spiro atoms. The molecule has 33 heavy (non-hydrogen) atoms.